The first-order valence-electron chi connectivity index (χ1n) is 8.96. The first kappa shape index (κ1) is 16.3. The third-order valence-corrected chi connectivity index (χ3v) is 4.56. The van der Waals surface area contributed by atoms with Crippen molar-refractivity contribution < 1.29 is 9.56 Å². The molecule has 2 heterocycles. The Kier molecular flexibility index (Phi) is 4.64. The highest BCUT2D eigenvalue weighted by Crippen LogP contribution is 2.13. The lowest BCUT2D eigenvalue weighted by atomic mass is 10.1. The Morgan fingerprint density at radius 2 is 2.08 bits per heavy atom. The summed E-state index contributed by atoms with van der Waals surface area (Å²) < 4.78 is 4.43. The van der Waals surface area contributed by atoms with Gasteiger partial charge in [-0.1, -0.05) is 36.4 Å². The number of nitrogens with one attached hydrogen (secondary N) is 3. The highest BCUT2D eigenvalue weighted by Gasteiger charge is 2.12. The monoisotopic (exact) mass is 348 g/mol. The Morgan fingerprint density at radius 3 is 2.88 bits per heavy atom. The molecule has 132 valence electrons. The number of nitrogens with zero attached hydrogens (tertiary/aromatic N) is 3. The van der Waals surface area contributed by atoms with E-state index in [0.29, 0.717) is 0 Å². The maximum Gasteiger partial charge on any atom is 0.367 e. The standard InChI is InChI=1S/C20H23N6/c1-25-15-26(19-6-3-2-5-18(19)25)14-17-9-7-16(8-10-17)13-23-24-20-21-11-4-12-22-20/h2-3,5-10,13,15H,4,11-12,14H2,1H3,(H2,21,22,24)/q+1/p+1/b23-13-. The summed E-state index contributed by atoms with van der Waals surface area (Å²) >= 11 is 0. The topological polar surface area (TPSA) is 59.2 Å². The molecule has 0 aliphatic carbocycles. The van der Waals surface area contributed by atoms with E-state index in [2.05, 4.69) is 91.9 Å². The van der Waals surface area contributed by atoms with Gasteiger partial charge < -0.3 is 0 Å². The van der Waals surface area contributed by atoms with Crippen molar-refractivity contribution >= 4 is 23.2 Å². The van der Waals surface area contributed by atoms with E-state index in [4.69, 9.17) is 0 Å². The van der Waals surface area contributed by atoms with Gasteiger partial charge >= 0.3 is 5.96 Å². The summed E-state index contributed by atoms with van der Waals surface area (Å²) in [7, 11) is 2.08. The molecule has 1 aliphatic rings. The molecule has 1 aliphatic heterocycles. The third kappa shape index (κ3) is 3.59. The van der Waals surface area contributed by atoms with Crippen molar-refractivity contribution in [3.63, 3.8) is 0 Å². The molecule has 0 spiro atoms. The second-order valence-electron chi connectivity index (χ2n) is 6.54. The number of fused-ring (bicyclic) bond motifs is 1. The molecule has 6 nitrogen and oxygen atoms in total. The van der Waals surface area contributed by atoms with E-state index < -0.39 is 0 Å². The average Bonchev–Trinajstić information content (AvgIpc) is 3.00. The second kappa shape index (κ2) is 7.39. The number of para-hydroxylation sites is 2. The molecule has 0 saturated heterocycles. The predicted molar refractivity (Wildman–Crippen MR) is 103 cm³/mol. The van der Waals surface area contributed by atoms with Gasteiger partial charge in [0.2, 0.25) is 6.33 Å². The molecule has 2 aromatic carbocycles. The highest BCUT2D eigenvalue weighted by molar-refractivity contribution is 5.82. The van der Waals surface area contributed by atoms with Crippen molar-refractivity contribution in [3.05, 3.63) is 66.0 Å². The average molecular weight is 348 g/mol. The zero-order valence-electron chi connectivity index (χ0n) is 14.9. The van der Waals surface area contributed by atoms with Crippen LogP contribution in [0.1, 0.15) is 17.5 Å². The van der Waals surface area contributed by atoms with Crippen LogP contribution in [0.5, 0.6) is 0 Å². The molecule has 0 bridgehead atoms. The lowest BCUT2D eigenvalue weighted by Gasteiger charge is -2.06. The van der Waals surface area contributed by atoms with Crippen molar-refractivity contribution in [1.29, 1.82) is 0 Å². The Labute approximate surface area is 152 Å². The highest BCUT2D eigenvalue weighted by atomic mass is 15.4. The molecule has 0 fully saturated rings. The Bertz CT molecular complexity index is 952. The normalized spacial score (nSPS) is 14.4. The van der Waals surface area contributed by atoms with E-state index >= 15 is 0 Å². The fraction of sp³-hybridized carbons (Fsp3) is 0.250. The summed E-state index contributed by atoms with van der Waals surface area (Å²) in [5.74, 6) is 0.872. The zero-order valence-corrected chi connectivity index (χ0v) is 14.9. The van der Waals surface area contributed by atoms with E-state index in [-0.39, 0.29) is 0 Å². The molecule has 26 heavy (non-hydrogen) atoms. The van der Waals surface area contributed by atoms with Crippen LogP contribution in [-0.2, 0) is 13.6 Å². The van der Waals surface area contributed by atoms with Crippen LogP contribution in [-0.4, -0.2) is 29.8 Å². The first-order valence-corrected chi connectivity index (χ1v) is 8.96. The summed E-state index contributed by atoms with van der Waals surface area (Å²) in [5, 5.41) is 7.51. The molecular formula is C20H24N6+2. The van der Waals surface area contributed by atoms with Gasteiger partial charge in [-0.15, -0.1) is 5.10 Å². The summed E-state index contributed by atoms with van der Waals surface area (Å²) in [4.78, 5) is 3.23. The summed E-state index contributed by atoms with van der Waals surface area (Å²) in [5.41, 5.74) is 7.82. The number of rotatable bonds is 4. The third-order valence-electron chi connectivity index (χ3n) is 4.56. The van der Waals surface area contributed by atoms with Gasteiger partial charge in [-0.3, -0.25) is 10.3 Å². The van der Waals surface area contributed by atoms with Gasteiger partial charge in [0.05, 0.1) is 26.4 Å². The maximum atomic E-state index is 4.28. The maximum absolute atomic E-state index is 4.28. The van der Waals surface area contributed by atoms with E-state index in [1.165, 1.54) is 16.6 Å². The van der Waals surface area contributed by atoms with Crippen LogP contribution in [0.15, 0.2) is 60.0 Å². The molecule has 3 N–H and O–H groups in total. The van der Waals surface area contributed by atoms with Crippen molar-refractivity contribution in [2.45, 2.75) is 13.0 Å². The number of hydrazone groups is 1. The molecule has 3 aromatic rings. The van der Waals surface area contributed by atoms with Gasteiger partial charge in [-0.2, -0.15) is 5.43 Å². The number of imidazole rings is 1. The molecule has 6 heteroatoms. The van der Waals surface area contributed by atoms with Crippen molar-refractivity contribution in [3.8, 4) is 0 Å². The minimum Gasteiger partial charge on any atom is -0.276 e. The lowest BCUT2D eigenvalue weighted by molar-refractivity contribution is -0.645. The van der Waals surface area contributed by atoms with Crippen LogP contribution in [0.25, 0.3) is 11.0 Å². The largest absolute Gasteiger partial charge is 0.367 e. The Balaban J connectivity index is 1.43. The van der Waals surface area contributed by atoms with Crippen LogP contribution in [0.3, 0.4) is 0 Å². The van der Waals surface area contributed by atoms with Crippen LogP contribution in [0.2, 0.25) is 0 Å². The van der Waals surface area contributed by atoms with Gasteiger partial charge in [0.25, 0.3) is 0 Å². The molecule has 0 amide bonds. The Morgan fingerprint density at radius 1 is 1.23 bits per heavy atom. The van der Waals surface area contributed by atoms with Crippen LogP contribution >= 0.6 is 0 Å². The summed E-state index contributed by atoms with van der Waals surface area (Å²) in [6.07, 6.45) is 5.11. The quantitative estimate of drug-likeness (QED) is 0.349. The fourth-order valence-electron chi connectivity index (χ4n) is 3.20. The van der Waals surface area contributed by atoms with Gasteiger partial charge in [0, 0.05) is 6.42 Å². The minimum atomic E-state index is 0.850. The van der Waals surface area contributed by atoms with Crippen LogP contribution in [0.4, 0.5) is 0 Å². The fourth-order valence-corrected chi connectivity index (χ4v) is 3.20. The lowest BCUT2D eigenvalue weighted by Crippen LogP contribution is -2.81. The molecule has 0 atom stereocenters. The van der Waals surface area contributed by atoms with E-state index in [1.54, 1.807) is 0 Å². The smallest absolute Gasteiger partial charge is 0.276 e. The Hall–Kier alpha value is -3.15. The van der Waals surface area contributed by atoms with Crippen molar-refractivity contribution in [1.82, 2.24) is 15.3 Å². The second-order valence-corrected chi connectivity index (χ2v) is 6.54. The van der Waals surface area contributed by atoms with Crippen molar-refractivity contribution in [2.24, 2.45) is 12.1 Å². The van der Waals surface area contributed by atoms with E-state index in [0.717, 1.165) is 37.6 Å². The van der Waals surface area contributed by atoms with E-state index in [1.807, 2.05) is 6.21 Å². The summed E-state index contributed by atoms with van der Waals surface area (Å²) in [6, 6.07) is 17.0. The molecular weight excluding hydrogens is 324 g/mol. The number of aryl methyl sites for hydroxylation is 1. The first-order chi connectivity index (χ1) is 12.8. The molecule has 4 rings (SSSR count). The number of hydrogen-bond acceptors (Lipinski definition) is 3. The van der Waals surface area contributed by atoms with Gasteiger partial charge in [0.1, 0.15) is 6.54 Å². The van der Waals surface area contributed by atoms with Gasteiger partial charge in [-0.05, 0) is 23.3 Å². The van der Waals surface area contributed by atoms with Gasteiger partial charge in [0.15, 0.2) is 11.0 Å². The molecule has 1 aromatic heterocycles. The number of benzene rings is 2. The minimum absolute atomic E-state index is 0.850. The number of guanidine groups is 1. The van der Waals surface area contributed by atoms with Gasteiger partial charge in [-0.25, -0.2) is 9.13 Å². The van der Waals surface area contributed by atoms with Crippen molar-refractivity contribution in [2.75, 3.05) is 13.1 Å². The zero-order chi connectivity index (χ0) is 17.8. The van der Waals surface area contributed by atoms with E-state index in [9.17, 15) is 0 Å². The molecule has 0 saturated carbocycles. The predicted octanol–water partition coefficient (Wildman–Crippen LogP) is -0.132. The summed E-state index contributed by atoms with van der Waals surface area (Å²) in [6.45, 7) is 2.81. The van der Waals surface area contributed by atoms with Crippen LogP contribution < -0.4 is 20.3 Å². The molecule has 0 radical (unpaired) electrons. The number of aromatic nitrogens is 2. The van der Waals surface area contributed by atoms with Crippen LogP contribution in [0, 0.1) is 0 Å². The number of hydrogen-bond donors (Lipinski definition) is 3. The molecule has 0 unspecified atom stereocenters. The SMILES string of the molecule is C[n+]1cn(Cc2ccc(/C=N\NC3=[NH+]CCCN3)cc2)c2ccccc21.